The monoisotopic (exact) mass is 268 g/mol. The van der Waals surface area contributed by atoms with E-state index in [0.717, 1.165) is 20.6 Å². The second-order valence-corrected chi connectivity index (χ2v) is 5.92. The maximum atomic E-state index is 11.7. The van der Waals surface area contributed by atoms with Gasteiger partial charge in [-0.25, -0.2) is 14.8 Å². The molecule has 0 N–H and O–H groups in total. The quantitative estimate of drug-likeness (QED) is 0.803. The van der Waals surface area contributed by atoms with Gasteiger partial charge in [0.25, 0.3) is 0 Å². The van der Waals surface area contributed by atoms with Gasteiger partial charge in [0.2, 0.25) is 0 Å². The Hall–Kier alpha value is -1.27. The lowest BCUT2D eigenvalue weighted by atomic mass is 10.4. The van der Waals surface area contributed by atoms with Gasteiger partial charge in [-0.1, -0.05) is 0 Å². The summed E-state index contributed by atoms with van der Waals surface area (Å²) in [6.07, 6.45) is 0. The van der Waals surface area contributed by atoms with E-state index < -0.39 is 0 Å². The van der Waals surface area contributed by atoms with E-state index in [2.05, 4.69) is 9.97 Å². The van der Waals surface area contributed by atoms with Crippen LogP contribution in [0.3, 0.4) is 0 Å². The predicted octanol–water partition coefficient (Wildman–Crippen LogP) is 2.88. The second kappa shape index (κ2) is 4.93. The number of hydrogen-bond donors (Lipinski definition) is 0. The van der Waals surface area contributed by atoms with E-state index in [1.807, 2.05) is 20.8 Å². The van der Waals surface area contributed by atoms with Crippen LogP contribution in [0.1, 0.15) is 31.1 Å². The number of rotatable bonds is 3. The van der Waals surface area contributed by atoms with Crippen molar-refractivity contribution in [2.75, 3.05) is 0 Å². The molecule has 2 rings (SSSR count). The Balaban J connectivity index is 1.99. The summed E-state index contributed by atoms with van der Waals surface area (Å²) in [7, 11) is 0. The van der Waals surface area contributed by atoms with Crippen molar-refractivity contribution in [2.45, 2.75) is 27.4 Å². The van der Waals surface area contributed by atoms with E-state index in [1.165, 1.54) is 11.3 Å². The van der Waals surface area contributed by atoms with Crippen molar-refractivity contribution in [1.82, 2.24) is 9.97 Å². The predicted molar refractivity (Wildman–Crippen MR) is 67.6 cm³/mol. The Kier molecular flexibility index (Phi) is 3.54. The molecular formula is C11H12N2O2S2. The van der Waals surface area contributed by atoms with Crippen LogP contribution >= 0.6 is 22.7 Å². The molecule has 0 atom stereocenters. The summed E-state index contributed by atoms with van der Waals surface area (Å²) >= 11 is 2.99. The van der Waals surface area contributed by atoms with Gasteiger partial charge < -0.3 is 4.74 Å². The van der Waals surface area contributed by atoms with Crippen molar-refractivity contribution < 1.29 is 9.53 Å². The smallest absolute Gasteiger partial charge is 0.358 e. The molecule has 2 aromatic heterocycles. The first-order valence-corrected chi connectivity index (χ1v) is 6.78. The van der Waals surface area contributed by atoms with Crippen LogP contribution in [0.4, 0.5) is 0 Å². The molecular weight excluding hydrogens is 256 g/mol. The molecule has 0 bridgehead atoms. The SMILES string of the molecule is Cc1nc(C(=O)OCc2sc(C)nc2C)cs1. The molecule has 6 heteroatoms. The van der Waals surface area contributed by atoms with E-state index >= 15 is 0 Å². The first-order valence-electron chi connectivity index (χ1n) is 5.08. The Morgan fingerprint density at radius 1 is 1.29 bits per heavy atom. The lowest BCUT2D eigenvalue weighted by Crippen LogP contribution is -2.05. The summed E-state index contributed by atoms with van der Waals surface area (Å²) in [4.78, 5) is 21.0. The minimum Gasteiger partial charge on any atom is -0.455 e. The van der Waals surface area contributed by atoms with E-state index in [-0.39, 0.29) is 12.6 Å². The van der Waals surface area contributed by atoms with Gasteiger partial charge in [-0.05, 0) is 20.8 Å². The van der Waals surface area contributed by atoms with E-state index in [0.29, 0.717) is 5.69 Å². The zero-order valence-electron chi connectivity index (χ0n) is 9.81. The molecule has 17 heavy (non-hydrogen) atoms. The maximum Gasteiger partial charge on any atom is 0.358 e. The number of carbonyl (C=O) groups excluding carboxylic acids is 1. The number of ether oxygens (including phenoxy) is 1. The molecule has 4 nitrogen and oxygen atoms in total. The number of hydrogen-bond acceptors (Lipinski definition) is 6. The highest BCUT2D eigenvalue weighted by Gasteiger charge is 2.13. The molecule has 0 fully saturated rings. The van der Waals surface area contributed by atoms with E-state index in [4.69, 9.17) is 4.74 Å². The minimum absolute atomic E-state index is 0.271. The number of thiazole rings is 2. The molecule has 0 aliphatic rings. The van der Waals surface area contributed by atoms with Crippen molar-refractivity contribution in [1.29, 1.82) is 0 Å². The van der Waals surface area contributed by atoms with Crippen molar-refractivity contribution >= 4 is 28.6 Å². The largest absolute Gasteiger partial charge is 0.455 e. The van der Waals surface area contributed by atoms with Gasteiger partial charge in [0.05, 0.1) is 20.6 Å². The highest BCUT2D eigenvalue weighted by atomic mass is 32.1. The molecule has 0 aliphatic carbocycles. The topological polar surface area (TPSA) is 52.1 Å². The van der Waals surface area contributed by atoms with Crippen molar-refractivity contribution in [3.05, 3.63) is 31.7 Å². The Morgan fingerprint density at radius 2 is 2.06 bits per heavy atom. The molecule has 0 aromatic carbocycles. The molecule has 0 saturated carbocycles. The first kappa shape index (κ1) is 12.2. The summed E-state index contributed by atoms with van der Waals surface area (Å²) < 4.78 is 5.20. The van der Waals surface area contributed by atoms with Crippen LogP contribution in [0.25, 0.3) is 0 Å². The molecule has 90 valence electrons. The summed E-state index contributed by atoms with van der Waals surface area (Å²) in [6, 6.07) is 0. The lowest BCUT2D eigenvalue weighted by molar-refractivity contribution is 0.0470. The lowest BCUT2D eigenvalue weighted by Gasteiger charge is -2.00. The number of nitrogens with zero attached hydrogens (tertiary/aromatic N) is 2. The van der Waals surface area contributed by atoms with Gasteiger partial charge in [-0.2, -0.15) is 0 Å². The number of carbonyl (C=O) groups is 1. The van der Waals surface area contributed by atoms with Crippen molar-refractivity contribution in [3.8, 4) is 0 Å². The molecule has 0 radical (unpaired) electrons. The normalized spacial score (nSPS) is 10.5. The highest BCUT2D eigenvalue weighted by molar-refractivity contribution is 7.11. The highest BCUT2D eigenvalue weighted by Crippen LogP contribution is 2.18. The zero-order valence-corrected chi connectivity index (χ0v) is 11.4. The van der Waals surface area contributed by atoms with Crippen LogP contribution in [0.2, 0.25) is 0 Å². The van der Waals surface area contributed by atoms with E-state index in [9.17, 15) is 4.79 Å². The average Bonchev–Trinajstić information content (AvgIpc) is 2.82. The van der Waals surface area contributed by atoms with Crippen molar-refractivity contribution in [3.63, 3.8) is 0 Å². The molecule has 0 unspecified atom stereocenters. The molecule has 2 heterocycles. The molecule has 2 aromatic rings. The van der Waals surface area contributed by atoms with Gasteiger partial charge in [0, 0.05) is 5.38 Å². The number of aromatic nitrogens is 2. The molecule has 0 saturated heterocycles. The van der Waals surface area contributed by atoms with Crippen molar-refractivity contribution in [2.24, 2.45) is 0 Å². The van der Waals surface area contributed by atoms with Crippen LogP contribution in [-0.4, -0.2) is 15.9 Å². The summed E-state index contributed by atoms with van der Waals surface area (Å²) in [6.45, 7) is 5.98. The fraction of sp³-hybridized carbons (Fsp3) is 0.364. The Labute approximate surface area is 107 Å². The fourth-order valence-corrected chi connectivity index (χ4v) is 2.80. The van der Waals surface area contributed by atoms with Gasteiger partial charge in [0.1, 0.15) is 6.61 Å². The Morgan fingerprint density at radius 3 is 2.59 bits per heavy atom. The third-order valence-electron chi connectivity index (χ3n) is 2.16. The van der Waals surface area contributed by atoms with Crippen LogP contribution in [0, 0.1) is 20.8 Å². The van der Waals surface area contributed by atoms with Crippen LogP contribution in [-0.2, 0) is 11.3 Å². The van der Waals surface area contributed by atoms with Crippen LogP contribution in [0.15, 0.2) is 5.38 Å². The number of esters is 1. The molecule has 0 spiro atoms. The summed E-state index contributed by atoms with van der Waals surface area (Å²) in [5.74, 6) is -0.375. The van der Waals surface area contributed by atoms with Gasteiger partial charge in [-0.3, -0.25) is 0 Å². The van der Waals surface area contributed by atoms with Gasteiger partial charge in [-0.15, -0.1) is 22.7 Å². The number of aryl methyl sites for hydroxylation is 3. The molecule has 0 amide bonds. The summed E-state index contributed by atoms with van der Waals surface area (Å²) in [5, 5.41) is 3.56. The summed E-state index contributed by atoms with van der Waals surface area (Å²) in [5.41, 5.74) is 1.31. The zero-order chi connectivity index (χ0) is 12.4. The molecule has 0 aliphatic heterocycles. The van der Waals surface area contributed by atoms with Crippen LogP contribution in [0.5, 0.6) is 0 Å². The van der Waals surface area contributed by atoms with E-state index in [1.54, 1.807) is 16.7 Å². The van der Waals surface area contributed by atoms with Crippen LogP contribution < -0.4 is 0 Å². The third-order valence-corrected chi connectivity index (χ3v) is 3.98. The standard InChI is InChI=1S/C11H12N2O2S2/c1-6-10(17-8(3)12-6)4-15-11(14)9-5-16-7(2)13-9/h5H,4H2,1-3H3. The third kappa shape index (κ3) is 2.89. The maximum absolute atomic E-state index is 11.7. The van der Waals surface area contributed by atoms with Gasteiger partial charge in [0.15, 0.2) is 5.69 Å². The minimum atomic E-state index is -0.375. The van der Waals surface area contributed by atoms with Gasteiger partial charge >= 0.3 is 5.97 Å². The average molecular weight is 268 g/mol. The second-order valence-electron chi connectivity index (χ2n) is 3.57. The fourth-order valence-electron chi connectivity index (χ4n) is 1.37. The first-order chi connectivity index (χ1) is 8.06. The Bertz CT molecular complexity index is 545.